The molecular formula is C13H28N2O. The topological polar surface area (TPSA) is 35.5 Å². The summed E-state index contributed by atoms with van der Waals surface area (Å²) in [5, 5.41) is 12.7. The third kappa shape index (κ3) is 3.72. The largest absolute Gasteiger partial charge is 0.394 e. The first kappa shape index (κ1) is 13.9. The molecule has 1 saturated heterocycles. The van der Waals surface area contributed by atoms with Gasteiger partial charge >= 0.3 is 0 Å². The second kappa shape index (κ2) is 6.58. The van der Waals surface area contributed by atoms with Crippen LogP contribution in [-0.4, -0.2) is 48.3 Å². The molecule has 1 heterocycles. The molecule has 1 aliphatic rings. The van der Waals surface area contributed by atoms with Crippen LogP contribution in [0.1, 0.15) is 46.0 Å². The molecule has 0 radical (unpaired) electrons. The van der Waals surface area contributed by atoms with Gasteiger partial charge in [0.2, 0.25) is 0 Å². The first-order valence-corrected chi connectivity index (χ1v) is 6.69. The van der Waals surface area contributed by atoms with Crippen molar-refractivity contribution in [2.75, 3.05) is 26.7 Å². The van der Waals surface area contributed by atoms with E-state index in [9.17, 15) is 5.11 Å². The fraction of sp³-hybridized carbons (Fsp3) is 1.00. The van der Waals surface area contributed by atoms with Crippen LogP contribution in [0.15, 0.2) is 0 Å². The molecule has 16 heavy (non-hydrogen) atoms. The Bertz CT molecular complexity index is 192. The monoisotopic (exact) mass is 228 g/mol. The van der Waals surface area contributed by atoms with Crippen molar-refractivity contribution in [3.05, 3.63) is 0 Å². The summed E-state index contributed by atoms with van der Waals surface area (Å²) in [4.78, 5) is 2.57. The number of aliphatic hydroxyl groups excluding tert-OH is 1. The molecule has 0 aliphatic carbocycles. The number of nitrogens with one attached hydrogen (secondary N) is 1. The first-order valence-electron chi connectivity index (χ1n) is 6.69. The lowest BCUT2D eigenvalue weighted by molar-refractivity contribution is 0.0987. The van der Waals surface area contributed by atoms with E-state index in [0.717, 1.165) is 6.54 Å². The maximum atomic E-state index is 9.46. The van der Waals surface area contributed by atoms with Gasteiger partial charge in [0, 0.05) is 12.6 Å². The molecule has 0 bridgehead atoms. The van der Waals surface area contributed by atoms with E-state index in [0.29, 0.717) is 6.04 Å². The van der Waals surface area contributed by atoms with E-state index in [2.05, 4.69) is 24.1 Å². The van der Waals surface area contributed by atoms with Crippen LogP contribution in [0.4, 0.5) is 0 Å². The molecule has 1 aliphatic heterocycles. The predicted octanol–water partition coefficient (Wildman–Crippen LogP) is 1.61. The molecule has 2 N–H and O–H groups in total. The number of aliphatic hydroxyl groups is 1. The second-order valence-corrected chi connectivity index (χ2v) is 5.35. The molecule has 3 heteroatoms. The van der Waals surface area contributed by atoms with E-state index in [1.165, 1.54) is 38.6 Å². The minimum absolute atomic E-state index is 0.155. The lowest BCUT2D eigenvalue weighted by Gasteiger charge is -2.37. The Labute approximate surface area is 100 Å². The van der Waals surface area contributed by atoms with Crippen molar-refractivity contribution in [1.29, 1.82) is 0 Å². The summed E-state index contributed by atoms with van der Waals surface area (Å²) in [6, 6.07) is 0.710. The zero-order valence-corrected chi connectivity index (χ0v) is 11.1. The van der Waals surface area contributed by atoms with Crippen LogP contribution in [0.3, 0.4) is 0 Å². The van der Waals surface area contributed by atoms with Gasteiger partial charge in [0.1, 0.15) is 0 Å². The molecule has 0 aromatic rings. The van der Waals surface area contributed by atoms with Crippen LogP contribution in [0.5, 0.6) is 0 Å². The van der Waals surface area contributed by atoms with Crippen LogP contribution in [0.25, 0.3) is 0 Å². The standard InChI is InChI=1S/C13H28N2O/c1-4-12-8-6-5-7-9-15(12)10-13(2,11-16)14-3/h12,14,16H,4-11H2,1-3H3. The Kier molecular flexibility index (Phi) is 5.73. The van der Waals surface area contributed by atoms with Gasteiger partial charge in [0.05, 0.1) is 12.1 Å². The molecule has 2 unspecified atom stereocenters. The summed E-state index contributed by atoms with van der Waals surface area (Å²) >= 11 is 0. The van der Waals surface area contributed by atoms with Crippen LogP contribution >= 0.6 is 0 Å². The fourth-order valence-electron chi connectivity index (χ4n) is 2.56. The highest BCUT2D eigenvalue weighted by atomic mass is 16.3. The van der Waals surface area contributed by atoms with E-state index in [1.54, 1.807) is 0 Å². The van der Waals surface area contributed by atoms with Crippen molar-refractivity contribution in [3.63, 3.8) is 0 Å². The molecular weight excluding hydrogens is 200 g/mol. The molecule has 0 saturated carbocycles. The van der Waals surface area contributed by atoms with Crippen LogP contribution in [0, 0.1) is 0 Å². The first-order chi connectivity index (χ1) is 7.65. The lowest BCUT2D eigenvalue weighted by atomic mass is 10.0. The van der Waals surface area contributed by atoms with Crippen molar-refractivity contribution in [2.24, 2.45) is 0 Å². The summed E-state index contributed by atoms with van der Waals surface area (Å²) in [7, 11) is 1.94. The van der Waals surface area contributed by atoms with E-state index >= 15 is 0 Å². The Morgan fingerprint density at radius 1 is 1.38 bits per heavy atom. The number of nitrogens with zero attached hydrogens (tertiary/aromatic N) is 1. The van der Waals surface area contributed by atoms with Gasteiger partial charge in [-0.05, 0) is 39.8 Å². The summed E-state index contributed by atoms with van der Waals surface area (Å²) < 4.78 is 0. The van der Waals surface area contributed by atoms with Gasteiger partial charge in [0.25, 0.3) is 0 Å². The Morgan fingerprint density at radius 2 is 2.12 bits per heavy atom. The zero-order valence-electron chi connectivity index (χ0n) is 11.1. The quantitative estimate of drug-likeness (QED) is 0.750. The predicted molar refractivity (Wildman–Crippen MR) is 68.7 cm³/mol. The third-order valence-corrected chi connectivity index (χ3v) is 3.97. The molecule has 2 atom stereocenters. The average molecular weight is 228 g/mol. The van der Waals surface area contributed by atoms with Crippen molar-refractivity contribution in [3.8, 4) is 0 Å². The fourth-order valence-corrected chi connectivity index (χ4v) is 2.56. The van der Waals surface area contributed by atoms with Gasteiger partial charge in [0.15, 0.2) is 0 Å². The Hall–Kier alpha value is -0.120. The number of hydrogen-bond donors (Lipinski definition) is 2. The van der Waals surface area contributed by atoms with E-state index in [-0.39, 0.29) is 12.1 Å². The minimum Gasteiger partial charge on any atom is -0.394 e. The number of hydrogen-bond acceptors (Lipinski definition) is 3. The number of likely N-dealkylation sites (N-methyl/N-ethyl adjacent to an activating group) is 1. The van der Waals surface area contributed by atoms with Crippen molar-refractivity contribution >= 4 is 0 Å². The van der Waals surface area contributed by atoms with E-state index in [1.807, 2.05) is 7.05 Å². The van der Waals surface area contributed by atoms with E-state index < -0.39 is 0 Å². The summed E-state index contributed by atoms with van der Waals surface area (Å²) in [5.41, 5.74) is -0.155. The van der Waals surface area contributed by atoms with Gasteiger partial charge < -0.3 is 10.4 Å². The average Bonchev–Trinajstić information content (AvgIpc) is 2.54. The van der Waals surface area contributed by atoms with E-state index in [4.69, 9.17) is 0 Å². The molecule has 0 aromatic heterocycles. The van der Waals surface area contributed by atoms with Gasteiger partial charge in [-0.1, -0.05) is 19.8 Å². The summed E-state index contributed by atoms with van der Waals surface area (Å²) in [6.07, 6.45) is 6.58. The van der Waals surface area contributed by atoms with Crippen LogP contribution in [-0.2, 0) is 0 Å². The smallest absolute Gasteiger partial charge is 0.0623 e. The van der Waals surface area contributed by atoms with Gasteiger partial charge in [-0.25, -0.2) is 0 Å². The molecule has 0 amide bonds. The molecule has 0 aromatic carbocycles. The number of rotatable bonds is 5. The van der Waals surface area contributed by atoms with Crippen LogP contribution in [0.2, 0.25) is 0 Å². The zero-order chi connectivity index (χ0) is 12.0. The highest BCUT2D eigenvalue weighted by Gasteiger charge is 2.28. The van der Waals surface area contributed by atoms with Gasteiger partial charge in [-0.15, -0.1) is 0 Å². The molecule has 1 fully saturated rings. The summed E-state index contributed by atoms with van der Waals surface area (Å²) in [5.74, 6) is 0. The third-order valence-electron chi connectivity index (χ3n) is 3.97. The van der Waals surface area contributed by atoms with Crippen molar-refractivity contribution in [2.45, 2.75) is 57.5 Å². The highest BCUT2D eigenvalue weighted by molar-refractivity contribution is 4.87. The number of likely N-dealkylation sites (tertiary alicyclic amines) is 1. The molecule has 96 valence electrons. The lowest BCUT2D eigenvalue weighted by Crippen LogP contribution is -2.54. The SMILES string of the molecule is CCC1CCCCCN1CC(C)(CO)NC. The highest BCUT2D eigenvalue weighted by Crippen LogP contribution is 2.21. The van der Waals surface area contributed by atoms with Crippen LogP contribution < -0.4 is 5.32 Å². The Morgan fingerprint density at radius 3 is 2.69 bits per heavy atom. The van der Waals surface area contributed by atoms with Crippen molar-refractivity contribution in [1.82, 2.24) is 10.2 Å². The molecule has 3 nitrogen and oxygen atoms in total. The molecule has 0 spiro atoms. The second-order valence-electron chi connectivity index (χ2n) is 5.35. The summed E-state index contributed by atoms with van der Waals surface area (Å²) in [6.45, 7) is 6.73. The maximum absolute atomic E-state index is 9.46. The minimum atomic E-state index is -0.155. The normalized spacial score (nSPS) is 27.4. The van der Waals surface area contributed by atoms with Gasteiger partial charge in [-0.2, -0.15) is 0 Å². The van der Waals surface area contributed by atoms with Gasteiger partial charge in [-0.3, -0.25) is 4.90 Å². The van der Waals surface area contributed by atoms with Crippen molar-refractivity contribution < 1.29 is 5.11 Å². The maximum Gasteiger partial charge on any atom is 0.0623 e. The Balaban J connectivity index is 2.60. The molecule has 1 rings (SSSR count).